The Kier molecular flexibility index (Phi) is 2.40. The number of hydrogen-bond donors (Lipinski definition) is 1. The largest absolute Gasteiger partial charge is 0.480 e. The number of ether oxygens (including phenoxy) is 1. The highest BCUT2D eigenvalue weighted by Gasteiger charge is 2.25. The zero-order chi connectivity index (χ0) is 11.7. The van der Waals surface area contributed by atoms with E-state index in [0.717, 1.165) is 12.1 Å². The van der Waals surface area contributed by atoms with Crippen LogP contribution in [-0.4, -0.2) is 17.1 Å². The Morgan fingerprint density at radius 2 is 2.06 bits per heavy atom. The summed E-state index contributed by atoms with van der Waals surface area (Å²) in [6.07, 6.45) is 4.26. The molecule has 1 atom stereocenters. The molecule has 1 N–H and O–H groups in total. The number of rotatable bonds is 2. The Morgan fingerprint density at radius 1 is 1.24 bits per heavy atom. The number of anilines is 1. The molecule has 0 amide bonds. The van der Waals surface area contributed by atoms with Crippen molar-refractivity contribution < 1.29 is 4.74 Å². The van der Waals surface area contributed by atoms with E-state index in [0.29, 0.717) is 5.88 Å². The number of benzene rings is 1. The minimum absolute atomic E-state index is 0.149. The predicted molar refractivity (Wildman–Crippen MR) is 65.1 cm³/mol. The second-order valence-electron chi connectivity index (χ2n) is 4.01. The van der Waals surface area contributed by atoms with E-state index in [2.05, 4.69) is 33.5 Å². The molecule has 0 fully saturated rings. The Morgan fingerprint density at radius 3 is 2.88 bits per heavy atom. The summed E-state index contributed by atoms with van der Waals surface area (Å²) in [4.78, 5) is 8.54. The molecule has 2 aromatic rings. The average molecular weight is 227 g/mol. The van der Waals surface area contributed by atoms with Gasteiger partial charge in [-0.15, -0.1) is 0 Å². The summed E-state index contributed by atoms with van der Waals surface area (Å²) in [5.74, 6) is 0.595. The first-order chi connectivity index (χ1) is 8.38. The number of nitrogens with one attached hydrogen (secondary N) is 1. The van der Waals surface area contributed by atoms with Crippen molar-refractivity contribution in [3.8, 4) is 5.88 Å². The van der Waals surface area contributed by atoms with Crippen molar-refractivity contribution in [1.29, 1.82) is 0 Å². The van der Waals surface area contributed by atoms with Crippen molar-refractivity contribution >= 4 is 5.69 Å². The van der Waals surface area contributed by atoms with Gasteiger partial charge in [0.2, 0.25) is 5.88 Å². The third-order valence-electron chi connectivity index (χ3n) is 2.99. The van der Waals surface area contributed by atoms with Crippen LogP contribution in [-0.2, 0) is 6.42 Å². The van der Waals surface area contributed by atoms with Crippen molar-refractivity contribution in [1.82, 2.24) is 9.97 Å². The smallest absolute Gasteiger partial charge is 0.237 e. The second kappa shape index (κ2) is 4.05. The topological polar surface area (TPSA) is 47.0 Å². The number of para-hydroxylation sites is 1. The third kappa shape index (κ3) is 1.71. The molecule has 1 unspecified atom stereocenters. The number of methoxy groups -OCH3 is 1. The fourth-order valence-corrected chi connectivity index (χ4v) is 2.20. The zero-order valence-electron chi connectivity index (χ0n) is 9.55. The lowest BCUT2D eigenvalue weighted by Gasteiger charge is -2.12. The molecule has 1 aromatic carbocycles. The van der Waals surface area contributed by atoms with Gasteiger partial charge >= 0.3 is 0 Å². The standard InChI is InChI=1S/C13H13N3O/c1-17-13-12(14-6-7-15-13)11-8-9-4-2-3-5-10(9)16-11/h2-7,11,16H,8H2,1H3. The summed E-state index contributed by atoms with van der Waals surface area (Å²) in [6, 6.07) is 8.44. The fraction of sp³-hybridized carbons (Fsp3) is 0.231. The number of fused-ring (bicyclic) bond motifs is 1. The van der Waals surface area contributed by atoms with Gasteiger partial charge < -0.3 is 10.1 Å². The highest BCUT2D eigenvalue weighted by atomic mass is 16.5. The molecule has 1 aliphatic rings. The molecule has 0 saturated carbocycles. The molecule has 1 aliphatic heterocycles. The third-order valence-corrected chi connectivity index (χ3v) is 2.99. The van der Waals surface area contributed by atoms with Crippen molar-refractivity contribution in [2.75, 3.05) is 12.4 Å². The first kappa shape index (κ1) is 10.1. The minimum atomic E-state index is 0.149. The van der Waals surface area contributed by atoms with Crippen molar-refractivity contribution in [2.45, 2.75) is 12.5 Å². The molecule has 1 aromatic heterocycles. The normalized spacial score (nSPS) is 17.4. The van der Waals surface area contributed by atoms with Crippen molar-refractivity contribution in [2.24, 2.45) is 0 Å². The van der Waals surface area contributed by atoms with Gasteiger partial charge in [0.25, 0.3) is 0 Å². The molecule has 17 heavy (non-hydrogen) atoms. The molecule has 4 nitrogen and oxygen atoms in total. The first-order valence-electron chi connectivity index (χ1n) is 5.58. The number of hydrogen-bond acceptors (Lipinski definition) is 4. The van der Waals surface area contributed by atoms with Gasteiger partial charge in [0.1, 0.15) is 5.69 Å². The predicted octanol–water partition coefficient (Wildman–Crippen LogP) is 2.19. The highest BCUT2D eigenvalue weighted by molar-refractivity contribution is 5.58. The quantitative estimate of drug-likeness (QED) is 0.854. The zero-order valence-corrected chi connectivity index (χ0v) is 9.55. The van der Waals surface area contributed by atoms with Gasteiger partial charge in [-0.3, -0.25) is 4.98 Å². The van der Waals surface area contributed by atoms with Crippen LogP contribution in [0.25, 0.3) is 0 Å². The molecule has 0 aliphatic carbocycles. The van der Waals surface area contributed by atoms with Gasteiger partial charge in [-0.25, -0.2) is 4.98 Å². The number of aromatic nitrogens is 2. The lowest BCUT2D eigenvalue weighted by atomic mass is 10.1. The van der Waals surface area contributed by atoms with Gasteiger partial charge in [0, 0.05) is 24.5 Å². The van der Waals surface area contributed by atoms with Crippen molar-refractivity contribution in [3.05, 3.63) is 47.9 Å². The molecular weight excluding hydrogens is 214 g/mol. The average Bonchev–Trinajstić information content (AvgIpc) is 2.82. The molecule has 2 heterocycles. The summed E-state index contributed by atoms with van der Waals surface area (Å²) in [5.41, 5.74) is 3.35. The van der Waals surface area contributed by atoms with E-state index in [1.165, 1.54) is 11.3 Å². The molecular formula is C13H13N3O. The van der Waals surface area contributed by atoms with E-state index in [1.54, 1.807) is 19.5 Å². The first-order valence-corrected chi connectivity index (χ1v) is 5.58. The highest BCUT2D eigenvalue weighted by Crippen LogP contribution is 2.35. The van der Waals surface area contributed by atoms with E-state index in [9.17, 15) is 0 Å². The van der Waals surface area contributed by atoms with Crippen LogP contribution in [0, 0.1) is 0 Å². The molecule has 0 spiro atoms. The van der Waals surface area contributed by atoms with E-state index < -0.39 is 0 Å². The Balaban J connectivity index is 1.94. The van der Waals surface area contributed by atoms with Crippen LogP contribution in [0.4, 0.5) is 5.69 Å². The van der Waals surface area contributed by atoms with Crippen LogP contribution in [0.15, 0.2) is 36.7 Å². The van der Waals surface area contributed by atoms with E-state index >= 15 is 0 Å². The number of nitrogens with zero attached hydrogens (tertiary/aromatic N) is 2. The fourth-order valence-electron chi connectivity index (χ4n) is 2.20. The maximum Gasteiger partial charge on any atom is 0.237 e. The maximum atomic E-state index is 5.24. The summed E-state index contributed by atoms with van der Waals surface area (Å²) < 4.78 is 5.24. The molecule has 86 valence electrons. The summed E-state index contributed by atoms with van der Waals surface area (Å²) in [5, 5.41) is 3.44. The van der Waals surface area contributed by atoms with Gasteiger partial charge in [-0.2, -0.15) is 0 Å². The Bertz CT molecular complexity index is 517. The molecule has 4 heteroatoms. The summed E-state index contributed by atoms with van der Waals surface area (Å²) in [7, 11) is 1.62. The summed E-state index contributed by atoms with van der Waals surface area (Å²) in [6.45, 7) is 0. The van der Waals surface area contributed by atoms with Gasteiger partial charge in [0.05, 0.1) is 13.2 Å². The van der Waals surface area contributed by atoms with Gasteiger partial charge in [-0.05, 0) is 11.6 Å². The molecule has 0 bridgehead atoms. The SMILES string of the molecule is COc1nccnc1C1Cc2ccccc2N1. The van der Waals surface area contributed by atoms with E-state index in [-0.39, 0.29) is 6.04 Å². The van der Waals surface area contributed by atoms with Crippen LogP contribution < -0.4 is 10.1 Å². The second-order valence-corrected chi connectivity index (χ2v) is 4.01. The van der Waals surface area contributed by atoms with E-state index in [4.69, 9.17) is 4.74 Å². The molecule has 0 radical (unpaired) electrons. The minimum Gasteiger partial charge on any atom is -0.480 e. The summed E-state index contributed by atoms with van der Waals surface area (Å²) >= 11 is 0. The van der Waals surface area contributed by atoms with Crippen LogP contribution in [0.5, 0.6) is 5.88 Å². The monoisotopic (exact) mass is 227 g/mol. The van der Waals surface area contributed by atoms with Crippen LogP contribution in [0.1, 0.15) is 17.3 Å². The molecule has 0 saturated heterocycles. The molecule has 3 rings (SSSR count). The van der Waals surface area contributed by atoms with Gasteiger partial charge in [-0.1, -0.05) is 18.2 Å². The lowest BCUT2D eigenvalue weighted by Crippen LogP contribution is -2.10. The van der Waals surface area contributed by atoms with Crippen LogP contribution in [0.3, 0.4) is 0 Å². The van der Waals surface area contributed by atoms with Crippen molar-refractivity contribution in [3.63, 3.8) is 0 Å². The van der Waals surface area contributed by atoms with Crippen LogP contribution in [0.2, 0.25) is 0 Å². The van der Waals surface area contributed by atoms with Gasteiger partial charge in [0.15, 0.2) is 0 Å². The lowest BCUT2D eigenvalue weighted by molar-refractivity contribution is 0.386. The Hall–Kier alpha value is -2.10. The van der Waals surface area contributed by atoms with Crippen LogP contribution >= 0.6 is 0 Å². The maximum absolute atomic E-state index is 5.24. The van der Waals surface area contributed by atoms with E-state index in [1.807, 2.05) is 6.07 Å². The Labute approximate surface area is 99.7 Å².